The van der Waals surface area contributed by atoms with E-state index < -0.39 is 42.6 Å². The lowest BCUT2D eigenvalue weighted by atomic mass is 9.82. The summed E-state index contributed by atoms with van der Waals surface area (Å²) in [5, 5.41) is 43.5. The van der Waals surface area contributed by atoms with Gasteiger partial charge in [0, 0.05) is 55.1 Å². The highest BCUT2D eigenvalue weighted by molar-refractivity contribution is 6.91. The van der Waals surface area contributed by atoms with Crippen molar-refractivity contribution in [3.05, 3.63) is 99.9 Å². The van der Waals surface area contributed by atoms with Gasteiger partial charge in [0.2, 0.25) is 0 Å². The number of nitrogens with one attached hydrogen (secondary N) is 1. The summed E-state index contributed by atoms with van der Waals surface area (Å²) in [6.07, 6.45) is 1.04. The van der Waals surface area contributed by atoms with Gasteiger partial charge in [-0.25, -0.2) is 0 Å². The van der Waals surface area contributed by atoms with Crippen LogP contribution in [0.15, 0.2) is 72.9 Å². The molecule has 3 N–H and O–H groups in total. The number of aryl methyl sites for hydroxylation is 1. The van der Waals surface area contributed by atoms with Crippen molar-refractivity contribution in [2.75, 3.05) is 23.9 Å². The third-order valence-electron chi connectivity index (χ3n) is 10.5. The maximum atomic E-state index is 15.1. The summed E-state index contributed by atoms with van der Waals surface area (Å²) in [6, 6.07) is 19.5. The minimum absolute atomic E-state index is 0.0425. The Morgan fingerprint density at radius 1 is 1.17 bits per heavy atom. The number of non-ortho nitro benzene ring substituents is 1. The normalized spacial score (nSPS) is 21.7. The van der Waals surface area contributed by atoms with Gasteiger partial charge in [-0.15, -0.1) is 5.10 Å². The molecule has 0 saturated carbocycles. The summed E-state index contributed by atoms with van der Waals surface area (Å²) >= 11 is 0. The van der Waals surface area contributed by atoms with E-state index in [2.05, 4.69) is 40.9 Å². The van der Waals surface area contributed by atoms with Crippen molar-refractivity contribution in [1.29, 1.82) is 0 Å². The number of carbonyl (C=O) groups is 2. The lowest BCUT2D eigenvalue weighted by molar-refractivity contribution is -0.385. The van der Waals surface area contributed by atoms with Gasteiger partial charge in [-0.3, -0.25) is 24.4 Å². The van der Waals surface area contributed by atoms with Crippen molar-refractivity contribution in [1.82, 2.24) is 15.0 Å². The number of aromatic nitrogens is 3. The summed E-state index contributed by atoms with van der Waals surface area (Å²) in [7, 11) is -0.865. The predicted octanol–water partition coefficient (Wildman–Crippen LogP) is 3.90. The fraction of sp³-hybridized carbons (Fsp3) is 0.405. The number of nitro benzene ring substituents is 1. The minimum atomic E-state index is -2.49. The quantitative estimate of drug-likeness (QED) is 0.104. The molecule has 3 aromatic carbocycles. The third kappa shape index (κ3) is 6.72. The summed E-state index contributed by atoms with van der Waals surface area (Å²) in [4.78, 5) is 40.6. The molecule has 6 rings (SSSR count). The Kier molecular flexibility index (Phi) is 10.3. The molecule has 0 radical (unpaired) electrons. The fourth-order valence-corrected chi connectivity index (χ4v) is 12.0. The van der Waals surface area contributed by atoms with Crippen LogP contribution in [0.4, 0.5) is 17.1 Å². The van der Waals surface area contributed by atoms with Crippen LogP contribution >= 0.6 is 0 Å². The second-order valence-electron chi connectivity index (χ2n) is 14.1. The van der Waals surface area contributed by atoms with Crippen LogP contribution in [-0.4, -0.2) is 75.9 Å². The van der Waals surface area contributed by atoms with Crippen molar-refractivity contribution < 1.29 is 34.2 Å². The van der Waals surface area contributed by atoms with E-state index in [4.69, 9.17) is 9.47 Å². The van der Waals surface area contributed by atoms with E-state index in [9.17, 15) is 25.1 Å². The topological polar surface area (TPSA) is 182 Å². The average molecular weight is 729 g/mol. The molecule has 2 aliphatic heterocycles. The molecular weight excluding hydrogens is 685 g/mol. The summed E-state index contributed by atoms with van der Waals surface area (Å²) < 4.78 is 14.3. The number of aliphatic hydroxyl groups is 2. The van der Waals surface area contributed by atoms with Crippen molar-refractivity contribution >= 4 is 42.1 Å². The van der Waals surface area contributed by atoms with Gasteiger partial charge in [0.1, 0.15) is 11.9 Å². The largest absolute Gasteiger partial charge is 0.497 e. The number of anilines is 2. The summed E-state index contributed by atoms with van der Waals surface area (Å²) in [5.74, 6) is -0.529. The first-order chi connectivity index (χ1) is 24.8. The first kappa shape index (κ1) is 36.8. The fourth-order valence-electron chi connectivity index (χ4n) is 7.96. The van der Waals surface area contributed by atoms with Gasteiger partial charge < -0.3 is 29.9 Å². The molecule has 1 spiro atoms. The lowest BCUT2D eigenvalue weighted by Gasteiger charge is -2.37. The molecule has 1 saturated heterocycles. The first-order valence-corrected chi connectivity index (χ1v) is 20.4. The van der Waals surface area contributed by atoms with Gasteiger partial charge in [0.25, 0.3) is 17.5 Å². The zero-order valence-electron chi connectivity index (χ0n) is 29.9. The predicted molar refractivity (Wildman–Crippen MR) is 196 cm³/mol. The van der Waals surface area contributed by atoms with Gasteiger partial charge in [-0.2, -0.15) is 0 Å². The lowest BCUT2D eigenvalue weighted by Crippen LogP contribution is -2.51. The second-order valence-corrected chi connectivity index (χ2v) is 18.8. The molecule has 1 aromatic heterocycles. The zero-order chi connectivity index (χ0) is 37.4. The Morgan fingerprint density at radius 2 is 1.92 bits per heavy atom. The molecule has 0 unspecified atom stereocenters. The number of nitrogens with zero attached hydrogens (tertiary/aromatic N) is 5. The van der Waals surface area contributed by atoms with E-state index in [0.717, 1.165) is 10.9 Å². The van der Waals surface area contributed by atoms with Crippen LogP contribution in [0.1, 0.15) is 37.1 Å². The number of amides is 2. The highest BCUT2D eigenvalue weighted by Crippen LogP contribution is 2.60. The molecule has 2 amide bonds. The molecule has 4 aromatic rings. The molecular formula is C37H44N6O8Si. The van der Waals surface area contributed by atoms with Crippen LogP contribution in [0.2, 0.25) is 18.6 Å². The number of rotatable bonds is 13. The molecule has 5 atom stereocenters. The van der Waals surface area contributed by atoms with Gasteiger partial charge in [-0.05, 0) is 54.8 Å². The Balaban J connectivity index is 1.42. The molecule has 0 aliphatic carbocycles. The Labute approximate surface area is 302 Å². The molecule has 2 aliphatic rings. The van der Waals surface area contributed by atoms with Crippen molar-refractivity contribution in [3.8, 4) is 5.75 Å². The Bertz CT molecular complexity index is 1970. The molecule has 1 fully saturated rings. The van der Waals surface area contributed by atoms with Crippen LogP contribution in [0.3, 0.4) is 0 Å². The van der Waals surface area contributed by atoms with E-state index in [0.29, 0.717) is 47.6 Å². The number of aliphatic hydroxyl groups excluding tert-OH is 2. The molecule has 52 heavy (non-hydrogen) atoms. The van der Waals surface area contributed by atoms with E-state index in [1.165, 1.54) is 19.1 Å². The molecule has 15 heteroatoms. The van der Waals surface area contributed by atoms with Crippen LogP contribution in [-0.2, 0) is 39.4 Å². The van der Waals surface area contributed by atoms with Gasteiger partial charge in [0.15, 0.2) is 5.60 Å². The van der Waals surface area contributed by atoms with E-state index in [1.807, 2.05) is 25.1 Å². The maximum Gasteiger partial charge on any atom is 0.269 e. The zero-order valence-corrected chi connectivity index (χ0v) is 30.9. The Morgan fingerprint density at radius 3 is 2.60 bits per heavy atom. The van der Waals surface area contributed by atoms with Crippen LogP contribution in [0.5, 0.6) is 5.75 Å². The number of benzene rings is 3. The van der Waals surface area contributed by atoms with Crippen LogP contribution in [0.25, 0.3) is 0 Å². The number of ether oxygens (including phenoxy) is 2. The highest BCUT2D eigenvalue weighted by atomic mass is 28.3. The number of nitro groups is 1. The average Bonchev–Trinajstić information content (AvgIpc) is 3.77. The van der Waals surface area contributed by atoms with Crippen molar-refractivity contribution in [2.45, 2.75) is 76.2 Å². The van der Waals surface area contributed by atoms with Crippen LogP contribution in [0, 0.1) is 16.0 Å². The monoisotopic (exact) mass is 728 g/mol. The van der Waals surface area contributed by atoms with Gasteiger partial charge in [0.05, 0.1) is 44.1 Å². The summed E-state index contributed by atoms with van der Waals surface area (Å²) in [6.45, 7) is 8.44. The van der Waals surface area contributed by atoms with Crippen LogP contribution < -0.4 is 20.1 Å². The third-order valence-corrected chi connectivity index (χ3v) is 14.9. The number of hydrogen-bond donors (Lipinski definition) is 3. The maximum absolute atomic E-state index is 15.1. The minimum Gasteiger partial charge on any atom is -0.497 e. The molecule has 14 nitrogen and oxygen atoms in total. The number of carbonyl (C=O) groups excluding carboxylic acids is 2. The van der Waals surface area contributed by atoms with Gasteiger partial charge in [-0.1, -0.05) is 54.7 Å². The molecule has 274 valence electrons. The first-order valence-electron chi connectivity index (χ1n) is 17.3. The summed E-state index contributed by atoms with van der Waals surface area (Å²) in [5.41, 5.74) is 1.03. The Hall–Kier alpha value is -4.96. The molecule has 3 heterocycles. The van der Waals surface area contributed by atoms with E-state index >= 15 is 4.79 Å². The van der Waals surface area contributed by atoms with E-state index in [-0.39, 0.29) is 30.3 Å². The number of fused-ring (bicyclic) bond motifs is 2. The van der Waals surface area contributed by atoms with Crippen molar-refractivity contribution in [2.24, 2.45) is 5.92 Å². The standard InChI is InChI=1S/C37H44N6O8Si/c1-23-34(52(4,5)30-12-10-29(50-3)11-13-30)33(15-17-41-22-27(16-18-44)39-40-41)51-37(23)31-20-28(43(48)49)9-14-32(31)42(36(37)47)21-25-7-6-8-26(19-25)38-35(46)24(2)45/h6-14,19-20,22-24,33-34,44-45H,15-18,21H2,1-5H3,(H,38,46)/t23-,24-,33+,34-,37+/m0/s1. The van der Waals surface area contributed by atoms with Crippen molar-refractivity contribution in [3.63, 3.8) is 0 Å². The molecule has 0 bridgehead atoms. The number of methoxy groups -OCH3 is 1. The second kappa shape index (κ2) is 14.6. The SMILES string of the molecule is COc1ccc([Si](C)(C)[C@@H]2[C@@H](CCn3cc(CCO)nn3)O[C@]3(C(=O)N(Cc4cccc(NC(=O)[C@H](C)O)c4)c4ccc([N+](=O)[O-])cc43)[C@H]2C)cc1. The van der Waals surface area contributed by atoms with E-state index in [1.54, 1.807) is 47.2 Å². The smallest absolute Gasteiger partial charge is 0.269 e. The number of hydrogen-bond acceptors (Lipinski definition) is 10. The highest BCUT2D eigenvalue weighted by Gasteiger charge is 2.66. The van der Waals surface area contributed by atoms with Gasteiger partial charge >= 0.3 is 0 Å².